The maximum Gasteiger partial charge on any atom is 0.419 e. The maximum absolute atomic E-state index is 13.0. The number of benzene rings is 2. The van der Waals surface area contributed by atoms with Crippen LogP contribution in [0.2, 0.25) is 0 Å². The zero-order chi connectivity index (χ0) is 19.5. The minimum atomic E-state index is -4.55. The summed E-state index contributed by atoms with van der Waals surface area (Å²) in [6, 6.07) is 12.1. The van der Waals surface area contributed by atoms with Gasteiger partial charge in [0.15, 0.2) is 6.10 Å². The molecule has 26 heavy (non-hydrogen) atoms. The summed E-state index contributed by atoms with van der Waals surface area (Å²) >= 11 is 0. The van der Waals surface area contributed by atoms with Crippen LogP contribution in [0.5, 0.6) is 5.75 Å². The molecule has 0 saturated carbocycles. The number of amides is 1. The molecule has 1 atom stereocenters. The fourth-order valence-electron chi connectivity index (χ4n) is 2.42. The van der Waals surface area contributed by atoms with E-state index in [0.717, 1.165) is 11.8 Å². The second kappa shape index (κ2) is 7.68. The average Bonchev–Trinajstić information content (AvgIpc) is 2.60. The van der Waals surface area contributed by atoms with Gasteiger partial charge in [0.25, 0.3) is 5.91 Å². The molecule has 2 rings (SSSR count). The summed E-state index contributed by atoms with van der Waals surface area (Å²) in [6.45, 7) is 1.43. The van der Waals surface area contributed by atoms with Crippen LogP contribution in [0.25, 0.3) is 0 Å². The number of anilines is 2. The standard InChI is InChI=1S/C19H21F3N2O2/c1-13(26-17-8-6-5-7-16(17)19(20,21)22)18(25)24(4)15-11-9-14(10-12-15)23(2)3/h5-13H,1-4H3. The van der Waals surface area contributed by atoms with Gasteiger partial charge in [-0.05, 0) is 43.3 Å². The molecule has 140 valence electrons. The van der Waals surface area contributed by atoms with Gasteiger partial charge in [-0.25, -0.2) is 0 Å². The van der Waals surface area contributed by atoms with Gasteiger partial charge < -0.3 is 14.5 Å². The number of hydrogen-bond donors (Lipinski definition) is 0. The summed E-state index contributed by atoms with van der Waals surface area (Å²) in [5, 5.41) is 0. The van der Waals surface area contributed by atoms with E-state index in [4.69, 9.17) is 4.74 Å². The Balaban J connectivity index is 2.15. The molecule has 4 nitrogen and oxygen atoms in total. The molecule has 0 N–H and O–H groups in total. The lowest BCUT2D eigenvalue weighted by molar-refractivity contribution is -0.140. The zero-order valence-corrected chi connectivity index (χ0v) is 15.0. The first kappa shape index (κ1) is 19.6. The summed E-state index contributed by atoms with van der Waals surface area (Å²) in [5.41, 5.74) is 0.691. The maximum atomic E-state index is 13.0. The number of para-hydroxylation sites is 1. The quantitative estimate of drug-likeness (QED) is 0.795. The second-order valence-electron chi connectivity index (χ2n) is 6.06. The van der Waals surface area contributed by atoms with E-state index in [2.05, 4.69) is 0 Å². The van der Waals surface area contributed by atoms with E-state index in [9.17, 15) is 18.0 Å². The predicted molar refractivity (Wildman–Crippen MR) is 95.7 cm³/mol. The fourth-order valence-corrected chi connectivity index (χ4v) is 2.42. The molecule has 1 amide bonds. The number of hydrogen-bond acceptors (Lipinski definition) is 3. The van der Waals surface area contributed by atoms with Crippen molar-refractivity contribution in [1.29, 1.82) is 0 Å². The number of nitrogens with zero attached hydrogens (tertiary/aromatic N) is 2. The molecule has 0 aliphatic carbocycles. The normalized spacial score (nSPS) is 12.4. The monoisotopic (exact) mass is 366 g/mol. The third kappa shape index (κ3) is 4.47. The largest absolute Gasteiger partial charge is 0.480 e. The van der Waals surface area contributed by atoms with Gasteiger partial charge in [0.2, 0.25) is 0 Å². The molecule has 0 heterocycles. The van der Waals surface area contributed by atoms with Crippen LogP contribution in [-0.2, 0) is 11.0 Å². The van der Waals surface area contributed by atoms with Crippen molar-refractivity contribution in [2.75, 3.05) is 30.9 Å². The molecular formula is C19H21F3N2O2. The van der Waals surface area contributed by atoms with Crippen molar-refractivity contribution in [1.82, 2.24) is 0 Å². The minimum Gasteiger partial charge on any atom is -0.480 e. The highest BCUT2D eigenvalue weighted by atomic mass is 19.4. The first-order valence-electron chi connectivity index (χ1n) is 7.99. The molecule has 0 aliphatic rings. The Labute approximate surface area is 150 Å². The van der Waals surface area contributed by atoms with E-state index in [1.54, 1.807) is 19.2 Å². The van der Waals surface area contributed by atoms with Crippen LogP contribution in [0, 0.1) is 0 Å². The van der Waals surface area contributed by atoms with Crippen molar-refractivity contribution in [3.8, 4) is 5.75 Å². The highest BCUT2D eigenvalue weighted by molar-refractivity contribution is 5.96. The van der Waals surface area contributed by atoms with Crippen molar-refractivity contribution < 1.29 is 22.7 Å². The second-order valence-corrected chi connectivity index (χ2v) is 6.06. The predicted octanol–water partition coefficient (Wildman–Crippen LogP) is 4.20. The zero-order valence-electron chi connectivity index (χ0n) is 15.0. The van der Waals surface area contributed by atoms with Crippen molar-refractivity contribution in [2.45, 2.75) is 19.2 Å². The molecule has 0 saturated heterocycles. The Bertz CT molecular complexity index is 758. The SMILES string of the molecule is CC(Oc1ccccc1C(F)(F)F)C(=O)N(C)c1ccc(N(C)C)cc1. The summed E-state index contributed by atoms with van der Waals surface area (Å²) in [4.78, 5) is 15.8. The molecule has 0 spiro atoms. The third-order valence-electron chi connectivity index (χ3n) is 3.93. The first-order chi connectivity index (χ1) is 12.1. The Hall–Kier alpha value is -2.70. The van der Waals surface area contributed by atoms with Crippen molar-refractivity contribution in [2.24, 2.45) is 0 Å². The molecule has 0 aliphatic heterocycles. The highest BCUT2D eigenvalue weighted by Gasteiger charge is 2.35. The highest BCUT2D eigenvalue weighted by Crippen LogP contribution is 2.36. The fraction of sp³-hybridized carbons (Fsp3) is 0.316. The summed E-state index contributed by atoms with van der Waals surface area (Å²) in [6.07, 6.45) is -5.62. The molecular weight excluding hydrogens is 345 g/mol. The summed E-state index contributed by atoms with van der Waals surface area (Å²) in [5.74, 6) is -0.809. The van der Waals surface area contributed by atoms with Gasteiger partial charge in [-0.2, -0.15) is 13.2 Å². The summed E-state index contributed by atoms with van der Waals surface area (Å²) < 4.78 is 44.5. The molecule has 0 radical (unpaired) electrons. The van der Waals surface area contributed by atoms with Crippen LogP contribution in [0.4, 0.5) is 24.5 Å². The lowest BCUT2D eigenvalue weighted by atomic mass is 10.2. The van der Waals surface area contributed by atoms with E-state index in [1.165, 1.54) is 30.0 Å². The van der Waals surface area contributed by atoms with E-state index in [-0.39, 0.29) is 5.75 Å². The smallest absolute Gasteiger partial charge is 0.419 e. The number of rotatable bonds is 5. The van der Waals surface area contributed by atoms with Crippen molar-refractivity contribution in [3.63, 3.8) is 0 Å². The van der Waals surface area contributed by atoms with Crippen LogP contribution < -0.4 is 14.5 Å². The van der Waals surface area contributed by atoms with Crippen LogP contribution in [0.1, 0.15) is 12.5 Å². The van der Waals surface area contributed by atoms with E-state index >= 15 is 0 Å². The van der Waals surface area contributed by atoms with Gasteiger partial charge >= 0.3 is 6.18 Å². The van der Waals surface area contributed by atoms with Gasteiger partial charge in [-0.15, -0.1) is 0 Å². The number of ether oxygens (including phenoxy) is 1. The minimum absolute atomic E-state index is 0.364. The summed E-state index contributed by atoms with van der Waals surface area (Å²) in [7, 11) is 5.36. The van der Waals surface area contributed by atoms with Crippen LogP contribution in [-0.4, -0.2) is 33.2 Å². The van der Waals surface area contributed by atoms with Gasteiger partial charge in [-0.1, -0.05) is 12.1 Å². The van der Waals surface area contributed by atoms with Gasteiger partial charge in [-0.3, -0.25) is 4.79 Å². The Morgan fingerprint density at radius 3 is 2.04 bits per heavy atom. The van der Waals surface area contributed by atoms with Crippen LogP contribution in [0.15, 0.2) is 48.5 Å². The molecule has 0 fully saturated rings. The van der Waals surface area contributed by atoms with E-state index in [1.807, 2.05) is 31.1 Å². The Kier molecular flexibility index (Phi) is 5.79. The number of alkyl halides is 3. The van der Waals surface area contributed by atoms with Crippen molar-refractivity contribution in [3.05, 3.63) is 54.1 Å². The van der Waals surface area contributed by atoms with Gasteiger partial charge in [0.1, 0.15) is 5.75 Å². The van der Waals surface area contributed by atoms with Crippen molar-refractivity contribution >= 4 is 17.3 Å². The lowest BCUT2D eigenvalue weighted by Gasteiger charge is -2.24. The topological polar surface area (TPSA) is 32.8 Å². The number of carbonyl (C=O) groups excluding carboxylic acids is 1. The number of halogens is 3. The molecule has 1 unspecified atom stereocenters. The molecule has 2 aromatic carbocycles. The van der Waals surface area contributed by atoms with Crippen LogP contribution >= 0.6 is 0 Å². The van der Waals surface area contributed by atoms with E-state index in [0.29, 0.717) is 5.69 Å². The molecule has 0 bridgehead atoms. The number of carbonyl (C=O) groups is 1. The average molecular weight is 366 g/mol. The molecule has 2 aromatic rings. The first-order valence-corrected chi connectivity index (χ1v) is 7.99. The Morgan fingerprint density at radius 1 is 0.962 bits per heavy atom. The van der Waals surface area contributed by atoms with E-state index < -0.39 is 23.8 Å². The molecule has 0 aromatic heterocycles. The third-order valence-corrected chi connectivity index (χ3v) is 3.93. The van der Waals surface area contributed by atoms with Crippen LogP contribution in [0.3, 0.4) is 0 Å². The Morgan fingerprint density at radius 2 is 1.50 bits per heavy atom. The van der Waals surface area contributed by atoms with Gasteiger partial charge in [0.05, 0.1) is 5.56 Å². The number of likely N-dealkylation sites (N-methyl/N-ethyl adjacent to an activating group) is 1. The van der Waals surface area contributed by atoms with Gasteiger partial charge in [0, 0.05) is 32.5 Å². The lowest BCUT2D eigenvalue weighted by Crippen LogP contribution is -2.38. The molecule has 7 heteroatoms.